The highest BCUT2D eigenvalue weighted by atomic mass is 16.3. The number of likely N-dealkylation sites (tertiary alicyclic amines) is 1. The molecule has 3 rings (SSSR count). The van der Waals surface area contributed by atoms with E-state index in [0.717, 1.165) is 5.56 Å². The quantitative estimate of drug-likeness (QED) is 0.0309. The Bertz CT molecular complexity index is 2590. The van der Waals surface area contributed by atoms with E-state index in [9.17, 15) is 67.7 Å². The molecular weight excluding hydrogens is 1090 g/mol. The summed E-state index contributed by atoms with van der Waals surface area (Å²) in [4.78, 5) is 161. The highest BCUT2D eigenvalue weighted by molar-refractivity contribution is 5.98. The van der Waals surface area contributed by atoms with Crippen molar-refractivity contribution in [3.05, 3.63) is 71.8 Å². The fourth-order valence-corrected chi connectivity index (χ4v) is 8.97. The third-order valence-electron chi connectivity index (χ3n) is 14.3. The third kappa shape index (κ3) is 22.9. The number of primary amides is 3. The number of carbonyl (C=O) groups is 12. The normalized spacial score (nSPS) is 17.5. The third-order valence-corrected chi connectivity index (χ3v) is 14.3. The number of rotatable bonds is 35. The second-order valence-corrected chi connectivity index (χ2v) is 21.6. The minimum atomic E-state index is -1.65. The van der Waals surface area contributed by atoms with Gasteiger partial charge in [-0.25, -0.2) is 0 Å². The maximum atomic E-state index is 14.4. The van der Waals surface area contributed by atoms with Crippen molar-refractivity contribution in [1.82, 2.24) is 52.8 Å². The van der Waals surface area contributed by atoms with E-state index in [-0.39, 0.29) is 44.6 Å². The Morgan fingerprint density at radius 1 is 0.571 bits per heavy atom. The van der Waals surface area contributed by atoms with Gasteiger partial charge in [0.25, 0.3) is 0 Å². The van der Waals surface area contributed by atoms with Crippen molar-refractivity contribution in [3.8, 4) is 0 Å². The average molecular weight is 1180 g/mol. The van der Waals surface area contributed by atoms with Crippen molar-refractivity contribution in [2.24, 2.45) is 34.8 Å². The number of amides is 12. The van der Waals surface area contributed by atoms with Crippen LogP contribution in [0.5, 0.6) is 0 Å². The second kappa shape index (κ2) is 34.5. The number of nitrogens with one attached hydrogen (secondary N) is 9. The maximum Gasteiger partial charge on any atom is 0.245 e. The number of nitrogens with zero attached hydrogens (tertiary/aromatic N) is 1. The van der Waals surface area contributed by atoms with Crippen LogP contribution in [0.3, 0.4) is 0 Å². The largest absolute Gasteiger partial charge is 0.394 e. The van der Waals surface area contributed by atoms with E-state index in [1.807, 2.05) is 0 Å². The first-order valence-electron chi connectivity index (χ1n) is 28.0. The first kappa shape index (κ1) is 70.2. The SMILES string of the molecule is CC[C@H](C)[C@H](NC(=O)[C@H](CCC(N)=O)NC(=O)[C@@H]1CCCN1C[C@H](Cc1ccccc1)NC(=O)[C@H](CC(N)=O)NC(=O)[C@H](Cc1ccccc1)NC(=O)[C@H](CO)NC(=O)[C@@H](N)C(C)C)C(=O)N[C@H](C(=O)N[C@@H](C)C(=O)N[C@@H](C)C(N)=O)[C@@H](C)O. The molecule has 1 aliphatic rings. The molecule has 19 N–H and O–H groups in total. The lowest BCUT2D eigenvalue weighted by Gasteiger charge is -2.32. The molecule has 464 valence electrons. The first-order valence-corrected chi connectivity index (χ1v) is 28.0. The molecule has 0 unspecified atom stereocenters. The van der Waals surface area contributed by atoms with Crippen LogP contribution in [0, 0.1) is 11.8 Å². The fraction of sp³-hybridized carbons (Fsp3) is 0.571. The topological polar surface area (TPSA) is 461 Å². The van der Waals surface area contributed by atoms with Crippen LogP contribution in [-0.4, -0.2) is 178 Å². The predicted molar refractivity (Wildman–Crippen MR) is 306 cm³/mol. The van der Waals surface area contributed by atoms with Crippen LogP contribution in [0.1, 0.15) is 98.1 Å². The molecule has 1 aliphatic heterocycles. The Hall–Kier alpha value is -8.08. The van der Waals surface area contributed by atoms with E-state index in [2.05, 4.69) is 47.9 Å². The minimum Gasteiger partial charge on any atom is -0.394 e. The van der Waals surface area contributed by atoms with Crippen molar-refractivity contribution < 1.29 is 67.7 Å². The molecule has 0 aliphatic carbocycles. The van der Waals surface area contributed by atoms with Gasteiger partial charge in [-0.05, 0) is 76.0 Å². The second-order valence-electron chi connectivity index (χ2n) is 21.6. The monoisotopic (exact) mass is 1180 g/mol. The van der Waals surface area contributed by atoms with Gasteiger partial charge >= 0.3 is 0 Å². The molecule has 1 fully saturated rings. The van der Waals surface area contributed by atoms with Crippen LogP contribution in [-0.2, 0) is 70.4 Å². The predicted octanol–water partition coefficient (Wildman–Crippen LogP) is -4.63. The molecule has 2 aromatic carbocycles. The Kier molecular flexibility index (Phi) is 28.8. The summed E-state index contributed by atoms with van der Waals surface area (Å²) < 4.78 is 0. The van der Waals surface area contributed by atoms with Gasteiger partial charge in [0, 0.05) is 25.4 Å². The van der Waals surface area contributed by atoms with Crippen LogP contribution in [0.2, 0.25) is 0 Å². The molecule has 0 bridgehead atoms. The standard InChI is InChI=1S/C56H86N14O14/c1-8-30(4)45(55(83)69-46(33(7)72)56(84)62-32(6)48(76)61-31(5)47(60)75)68-49(77)37(21-22-42(57)73)64-53(81)41-20-15-23-70(41)27-36(24-34-16-11-9-12-17-34)63-50(78)39(26-43(58)74)66-51(79)38(25-35-18-13-10-14-19-35)65-52(80)40(28-71)67-54(82)44(59)29(2)3/h9-14,16-19,29-33,36-41,44-46,71-72H,8,15,20-28,59H2,1-7H3,(H2,57,73)(H2,58,74)(H2,60,75)(H,61,76)(H,62,84)(H,63,78)(H,64,81)(H,65,80)(H,66,79)(H,67,82)(H,68,77)(H,69,83)/t30-,31-,32-,33+,36-,37-,38-,39-,40-,41-,44-,45-,46-/m0/s1. The van der Waals surface area contributed by atoms with Gasteiger partial charge in [0.1, 0.15) is 48.3 Å². The van der Waals surface area contributed by atoms with Crippen molar-refractivity contribution in [2.75, 3.05) is 19.7 Å². The van der Waals surface area contributed by atoms with Crippen LogP contribution >= 0.6 is 0 Å². The van der Waals surface area contributed by atoms with Crippen molar-refractivity contribution >= 4 is 70.9 Å². The van der Waals surface area contributed by atoms with Crippen molar-refractivity contribution in [3.63, 3.8) is 0 Å². The molecule has 28 nitrogen and oxygen atoms in total. The summed E-state index contributed by atoms with van der Waals surface area (Å²) in [5.74, 6) is -11.2. The van der Waals surface area contributed by atoms with Gasteiger partial charge in [-0.3, -0.25) is 62.4 Å². The Balaban J connectivity index is 1.89. The molecule has 84 heavy (non-hydrogen) atoms. The Labute approximate surface area is 488 Å². The number of benzene rings is 2. The summed E-state index contributed by atoms with van der Waals surface area (Å²) >= 11 is 0. The Morgan fingerprint density at radius 2 is 1.08 bits per heavy atom. The molecule has 28 heteroatoms. The summed E-state index contributed by atoms with van der Waals surface area (Å²) in [6.07, 6.45) is -1.80. The van der Waals surface area contributed by atoms with Gasteiger partial charge in [0.15, 0.2) is 0 Å². The lowest BCUT2D eigenvalue weighted by molar-refractivity contribution is -0.137. The van der Waals surface area contributed by atoms with Gasteiger partial charge < -0.3 is 81.0 Å². The van der Waals surface area contributed by atoms with E-state index < -0.39 is 162 Å². The van der Waals surface area contributed by atoms with Gasteiger partial charge in [-0.15, -0.1) is 0 Å². The lowest BCUT2D eigenvalue weighted by atomic mass is 9.96. The van der Waals surface area contributed by atoms with Gasteiger partial charge in [0.05, 0.1) is 31.2 Å². The molecule has 0 saturated carbocycles. The minimum absolute atomic E-state index is 0.000235. The number of hydrogen-bond donors (Lipinski definition) is 15. The first-order chi connectivity index (χ1) is 39.6. The van der Waals surface area contributed by atoms with Gasteiger partial charge in [-0.1, -0.05) is 94.8 Å². The molecular formula is C56H86N14O14. The lowest BCUT2D eigenvalue weighted by Crippen LogP contribution is -2.62. The van der Waals surface area contributed by atoms with E-state index in [0.29, 0.717) is 24.9 Å². The van der Waals surface area contributed by atoms with Crippen LogP contribution < -0.4 is 70.8 Å². The molecule has 1 saturated heterocycles. The summed E-state index contributed by atoms with van der Waals surface area (Å²) in [5.41, 5.74) is 23.6. The smallest absolute Gasteiger partial charge is 0.245 e. The molecule has 13 atom stereocenters. The van der Waals surface area contributed by atoms with E-state index in [1.165, 1.54) is 20.8 Å². The van der Waals surface area contributed by atoms with E-state index in [1.54, 1.807) is 93.3 Å². The number of aliphatic hydroxyl groups is 2. The fourth-order valence-electron chi connectivity index (χ4n) is 8.97. The van der Waals surface area contributed by atoms with E-state index >= 15 is 0 Å². The highest BCUT2D eigenvalue weighted by Crippen LogP contribution is 2.20. The summed E-state index contributed by atoms with van der Waals surface area (Å²) in [5, 5.41) is 43.6. The number of aliphatic hydroxyl groups excluding tert-OH is 2. The number of hydrogen-bond acceptors (Lipinski definition) is 16. The van der Waals surface area contributed by atoms with Crippen LogP contribution in [0.25, 0.3) is 0 Å². The zero-order valence-electron chi connectivity index (χ0n) is 48.7. The van der Waals surface area contributed by atoms with Crippen LogP contribution in [0.15, 0.2) is 60.7 Å². The molecule has 0 radical (unpaired) electrons. The van der Waals surface area contributed by atoms with Gasteiger partial charge in [0.2, 0.25) is 70.9 Å². The summed E-state index contributed by atoms with van der Waals surface area (Å²) in [6.45, 7) is 10.1. The summed E-state index contributed by atoms with van der Waals surface area (Å²) in [7, 11) is 0. The zero-order chi connectivity index (χ0) is 63.0. The van der Waals surface area contributed by atoms with Crippen molar-refractivity contribution in [2.45, 2.75) is 172 Å². The number of carbonyl (C=O) groups excluding carboxylic acids is 12. The van der Waals surface area contributed by atoms with Gasteiger partial charge in [-0.2, -0.15) is 0 Å². The molecule has 12 amide bonds. The highest BCUT2D eigenvalue weighted by Gasteiger charge is 2.39. The molecule has 0 aromatic heterocycles. The molecule has 1 heterocycles. The van der Waals surface area contributed by atoms with E-state index in [4.69, 9.17) is 22.9 Å². The van der Waals surface area contributed by atoms with Crippen LogP contribution in [0.4, 0.5) is 0 Å². The molecule has 0 spiro atoms. The molecule has 2 aromatic rings. The maximum absolute atomic E-state index is 14.4. The summed E-state index contributed by atoms with van der Waals surface area (Å²) in [6, 6.07) is 3.32. The average Bonchev–Trinajstić information content (AvgIpc) is 3.96. The number of nitrogens with two attached hydrogens (primary N) is 4. The van der Waals surface area contributed by atoms with Crippen molar-refractivity contribution in [1.29, 1.82) is 0 Å². The zero-order valence-corrected chi connectivity index (χ0v) is 48.7. The Morgan fingerprint density at radius 3 is 1.62 bits per heavy atom.